The first-order valence-electron chi connectivity index (χ1n) is 8.32. The van der Waals surface area contributed by atoms with Gasteiger partial charge in [-0.3, -0.25) is 14.9 Å². The van der Waals surface area contributed by atoms with Gasteiger partial charge in [-0.25, -0.2) is 4.79 Å². The van der Waals surface area contributed by atoms with E-state index in [1.54, 1.807) is 4.90 Å². The van der Waals surface area contributed by atoms with Crippen molar-refractivity contribution in [1.29, 1.82) is 0 Å². The minimum atomic E-state index is -0.825. The van der Waals surface area contributed by atoms with Gasteiger partial charge < -0.3 is 15.1 Å². The zero-order valence-electron chi connectivity index (χ0n) is 13.4. The lowest BCUT2D eigenvalue weighted by Crippen LogP contribution is -2.56. The van der Waals surface area contributed by atoms with Crippen molar-refractivity contribution in [3.63, 3.8) is 0 Å². The minimum Gasteiger partial charge on any atom is -0.362 e. The lowest BCUT2D eigenvalue weighted by molar-refractivity contribution is -0.134. The molecular weight excluding hydrogens is 308 g/mol. The number of carbonyl (C=O) groups is 3. The summed E-state index contributed by atoms with van der Waals surface area (Å²) in [5, 5.41) is 5.01. The average molecular weight is 328 g/mol. The molecule has 2 N–H and O–H groups in total. The van der Waals surface area contributed by atoms with Crippen LogP contribution in [0.2, 0.25) is 0 Å². The Morgan fingerprint density at radius 3 is 2.58 bits per heavy atom. The average Bonchev–Trinajstić information content (AvgIpc) is 3.10. The highest BCUT2D eigenvalue weighted by atomic mass is 16.2. The lowest BCUT2D eigenvalue weighted by Gasteiger charge is -2.37. The summed E-state index contributed by atoms with van der Waals surface area (Å²) in [6, 6.07) is 7.74. The van der Waals surface area contributed by atoms with Crippen LogP contribution >= 0.6 is 0 Å². The van der Waals surface area contributed by atoms with Crippen molar-refractivity contribution in [2.45, 2.75) is 24.8 Å². The fourth-order valence-electron chi connectivity index (χ4n) is 3.85. The van der Waals surface area contributed by atoms with E-state index in [1.807, 2.05) is 12.1 Å². The maximum absolute atomic E-state index is 12.6. The molecule has 4 amide bonds. The van der Waals surface area contributed by atoms with Gasteiger partial charge in [-0.2, -0.15) is 0 Å². The second-order valence-electron chi connectivity index (χ2n) is 6.67. The molecule has 1 aromatic carbocycles. The first-order chi connectivity index (χ1) is 11.6. The van der Waals surface area contributed by atoms with E-state index in [0.29, 0.717) is 32.5 Å². The molecule has 7 heteroatoms. The summed E-state index contributed by atoms with van der Waals surface area (Å²) < 4.78 is 0. The van der Waals surface area contributed by atoms with Gasteiger partial charge in [-0.15, -0.1) is 0 Å². The van der Waals surface area contributed by atoms with Crippen molar-refractivity contribution in [2.24, 2.45) is 0 Å². The van der Waals surface area contributed by atoms with E-state index < -0.39 is 11.6 Å². The zero-order chi connectivity index (χ0) is 16.7. The number of amides is 4. The Morgan fingerprint density at radius 2 is 1.88 bits per heavy atom. The number of nitrogens with one attached hydrogen (secondary N) is 2. The van der Waals surface area contributed by atoms with Crippen LogP contribution in [0.4, 0.5) is 10.5 Å². The summed E-state index contributed by atoms with van der Waals surface area (Å²) in [6.45, 7) is 2.20. The molecule has 0 saturated carbocycles. The van der Waals surface area contributed by atoms with Crippen molar-refractivity contribution in [3.05, 3.63) is 29.8 Å². The van der Waals surface area contributed by atoms with Crippen LogP contribution in [-0.4, -0.2) is 54.5 Å². The quantitative estimate of drug-likeness (QED) is 0.763. The number of urea groups is 1. The molecule has 0 aliphatic carbocycles. The molecule has 0 bridgehead atoms. The molecule has 7 nitrogen and oxygen atoms in total. The fourth-order valence-corrected chi connectivity index (χ4v) is 3.85. The molecule has 3 aliphatic heterocycles. The zero-order valence-corrected chi connectivity index (χ0v) is 13.4. The number of para-hydroxylation sites is 1. The number of likely N-dealkylation sites (tertiary alicyclic amines) is 1. The van der Waals surface area contributed by atoms with Gasteiger partial charge in [-0.1, -0.05) is 18.2 Å². The summed E-state index contributed by atoms with van der Waals surface area (Å²) in [6.07, 6.45) is 1.90. The number of anilines is 1. The predicted molar refractivity (Wildman–Crippen MR) is 87.6 cm³/mol. The number of benzene rings is 1. The van der Waals surface area contributed by atoms with Crippen LogP contribution < -0.4 is 15.5 Å². The second kappa shape index (κ2) is 5.51. The third-order valence-corrected chi connectivity index (χ3v) is 5.29. The smallest absolute Gasteiger partial charge is 0.322 e. The van der Waals surface area contributed by atoms with E-state index >= 15 is 0 Å². The summed E-state index contributed by atoms with van der Waals surface area (Å²) in [7, 11) is 0. The Balaban J connectivity index is 1.38. The van der Waals surface area contributed by atoms with Crippen LogP contribution in [0.5, 0.6) is 0 Å². The first-order valence-corrected chi connectivity index (χ1v) is 8.32. The van der Waals surface area contributed by atoms with E-state index in [1.165, 1.54) is 5.56 Å². The predicted octanol–water partition coefficient (Wildman–Crippen LogP) is 0.250. The minimum absolute atomic E-state index is 0.0753. The number of hydrogen-bond acceptors (Lipinski definition) is 4. The SMILES string of the molecule is O=C1NC(=O)C2(CCN(C(=O)CN3CCc4ccccc43)CC2)N1. The van der Waals surface area contributed by atoms with Gasteiger partial charge >= 0.3 is 6.03 Å². The van der Waals surface area contributed by atoms with Crippen LogP contribution in [0.3, 0.4) is 0 Å². The van der Waals surface area contributed by atoms with Crippen LogP contribution in [0.1, 0.15) is 18.4 Å². The summed E-state index contributed by atoms with van der Waals surface area (Å²) in [5.74, 6) is -0.195. The number of fused-ring (bicyclic) bond motifs is 1. The van der Waals surface area contributed by atoms with Crippen molar-refractivity contribution < 1.29 is 14.4 Å². The first kappa shape index (κ1) is 15.0. The molecule has 3 heterocycles. The van der Waals surface area contributed by atoms with Gasteiger partial charge in [0.1, 0.15) is 5.54 Å². The van der Waals surface area contributed by atoms with Gasteiger partial charge in [0.15, 0.2) is 0 Å². The largest absolute Gasteiger partial charge is 0.362 e. The number of piperidine rings is 1. The number of rotatable bonds is 2. The Hall–Kier alpha value is -2.57. The summed E-state index contributed by atoms with van der Waals surface area (Å²) in [5.41, 5.74) is 1.60. The van der Waals surface area contributed by atoms with Crippen molar-refractivity contribution in [1.82, 2.24) is 15.5 Å². The number of nitrogens with zero attached hydrogens (tertiary/aromatic N) is 2. The van der Waals surface area contributed by atoms with E-state index in [9.17, 15) is 14.4 Å². The summed E-state index contributed by atoms with van der Waals surface area (Å²) in [4.78, 5) is 39.8. The lowest BCUT2D eigenvalue weighted by atomic mass is 9.87. The van der Waals surface area contributed by atoms with E-state index in [4.69, 9.17) is 0 Å². The molecule has 0 unspecified atom stereocenters. The maximum Gasteiger partial charge on any atom is 0.322 e. The monoisotopic (exact) mass is 328 g/mol. The molecule has 126 valence electrons. The van der Waals surface area contributed by atoms with Gasteiger partial charge in [0.25, 0.3) is 5.91 Å². The van der Waals surface area contributed by atoms with Gasteiger partial charge in [0, 0.05) is 25.3 Å². The number of carbonyl (C=O) groups excluding carboxylic acids is 3. The highest BCUT2D eigenvalue weighted by molar-refractivity contribution is 6.07. The van der Waals surface area contributed by atoms with Crippen LogP contribution in [-0.2, 0) is 16.0 Å². The molecule has 24 heavy (non-hydrogen) atoms. The van der Waals surface area contributed by atoms with E-state index in [-0.39, 0.29) is 11.8 Å². The van der Waals surface area contributed by atoms with Gasteiger partial charge in [0.2, 0.25) is 5.91 Å². The van der Waals surface area contributed by atoms with E-state index in [0.717, 1.165) is 18.7 Å². The molecule has 2 saturated heterocycles. The second-order valence-corrected chi connectivity index (χ2v) is 6.67. The highest BCUT2D eigenvalue weighted by Gasteiger charge is 2.48. The highest BCUT2D eigenvalue weighted by Crippen LogP contribution is 2.28. The standard InChI is InChI=1S/C17H20N4O3/c22-14(11-21-8-5-12-3-1-2-4-13(12)21)20-9-6-17(7-10-20)15(23)18-16(24)19-17/h1-4H,5-11H2,(H2,18,19,23,24). The Kier molecular flexibility index (Phi) is 3.44. The molecule has 0 aromatic heterocycles. The van der Waals surface area contributed by atoms with Gasteiger partial charge in [0.05, 0.1) is 6.54 Å². The Bertz CT molecular complexity index is 710. The topological polar surface area (TPSA) is 81.8 Å². The number of hydrogen-bond donors (Lipinski definition) is 2. The normalized spacial score (nSPS) is 21.7. The van der Waals surface area contributed by atoms with Crippen LogP contribution in [0.25, 0.3) is 0 Å². The van der Waals surface area contributed by atoms with Crippen molar-refractivity contribution >= 4 is 23.5 Å². The fraction of sp³-hybridized carbons (Fsp3) is 0.471. The summed E-state index contributed by atoms with van der Waals surface area (Å²) >= 11 is 0. The Morgan fingerprint density at radius 1 is 1.12 bits per heavy atom. The molecule has 3 aliphatic rings. The van der Waals surface area contributed by atoms with Crippen molar-refractivity contribution in [3.8, 4) is 0 Å². The molecule has 1 spiro atoms. The molecular formula is C17H20N4O3. The molecule has 2 fully saturated rings. The molecule has 1 aromatic rings. The van der Waals surface area contributed by atoms with E-state index in [2.05, 4.69) is 27.7 Å². The molecule has 4 rings (SSSR count). The third-order valence-electron chi connectivity index (χ3n) is 5.29. The Labute approximate surface area is 140 Å². The van der Waals surface area contributed by atoms with Gasteiger partial charge in [-0.05, 0) is 30.9 Å². The third kappa shape index (κ3) is 2.40. The number of imide groups is 1. The molecule has 0 atom stereocenters. The van der Waals surface area contributed by atoms with Crippen LogP contribution in [0.15, 0.2) is 24.3 Å². The maximum atomic E-state index is 12.6. The van der Waals surface area contributed by atoms with Crippen molar-refractivity contribution in [2.75, 3.05) is 31.1 Å². The van der Waals surface area contributed by atoms with Crippen LogP contribution in [0, 0.1) is 0 Å². The molecule has 0 radical (unpaired) electrons.